The second-order valence-electron chi connectivity index (χ2n) is 6.48. The second-order valence-corrected chi connectivity index (χ2v) is 6.92. The van der Waals surface area contributed by atoms with Gasteiger partial charge in [-0.25, -0.2) is 4.79 Å². The van der Waals surface area contributed by atoms with E-state index in [-0.39, 0.29) is 6.03 Å². The molecule has 2 amide bonds. The first kappa shape index (κ1) is 21.1. The Labute approximate surface area is 166 Å². The van der Waals surface area contributed by atoms with Crippen LogP contribution in [0.2, 0.25) is 5.02 Å². The van der Waals surface area contributed by atoms with Crippen molar-refractivity contribution in [2.45, 2.75) is 32.3 Å². The van der Waals surface area contributed by atoms with Crippen LogP contribution in [0.25, 0.3) is 0 Å². The van der Waals surface area contributed by atoms with E-state index >= 15 is 0 Å². The molecule has 0 radical (unpaired) electrons. The summed E-state index contributed by atoms with van der Waals surface area (Å²) < 4.78 is 11.2. The Balaban J connectivity index is 1.89. The van der Waals surface area contributed by atoms with Gasteiger partial charge < -0.3 is 20.1 Å². The number of anilines is 1. The summed E-state index contributed by atoms with van der Waals surface area (Å²) in [7, 11) is 1.61. The molecule has 2 N–H and O–H groups in total. The van der Waals surface area contributed by atoms with Crippen LogP contribution in [0, 0.1) is 0 Å². The lowest BCUT2D eigenvalue weighted by molar-refractivity contribution is 0.00521. The molecule has 27 heavy (non-hydrogen) atoms. The molecule has 2 rings (SSSR count). The molecule has 0 fully saturated rings. The van der Waals surface area contributed by atoms with E-state index in [9.17, 15) is 4.79 Å². The van der Waals surface area contributed by atoms with Crippen molar-refractivity contribution in [2.24, 2.45) is 0 Å². The normalized spacial score (nSPS) is 12.9. The summed E-state index contributed by atoms with van der Waals surface area (Å²) in [6, 6.07) is 14.4. The molecule has 1 unspecified atom stereocenters. The van der Waals surface area contributed by atoms with Gasteiger partial charge in [-0.05, 0) is 55.3 Å². The Hall–Kier alpha value is -2.24. The Morgan fingerprint density at radius 1 is 1.19 bits per heavy atom. The van der Waals surface area contributed by atoms with Gasteiger partial charge in [0.15, 0.2) is 0 Å². The molecule has 5 nitrogen and oxygen atoms in total. The summed E-state index contributed by atoms with van der Waals surface area (Å²) >= 11 is 6.07. The highest BCUT2D eigenvalue weighted by atomic mass is 35.5. The van der Waals surface area contributed by atoms with Crippen LogP contribution in [-0.4, -0.2) is 26.3 Å². The van der Waals surface area contributed by atoms with Crippen molar-refractivity contribution in [3.8, 4) is 5.75 Å². The van der Waals surface area contributed by atoms with E-state index in [0.717, 1.165) is 24.2 Å². The zero-order valence-electron chi connectivity index (χ0n) is 16.0. The number of unbranched alkanes of at least 4 members (excludes halogenated alkanes) is 1. The standard InChI is InChI=1S/C21H27ClN2O3/c1-4-5-13-27-19-11-9-18(10-12-19)24-20(25)23-15-21(2,26-3)16-7-6-8-17(22)14-16/h6-12,14H,4-5,13,15H2,1-3H3,(H2,23,24,25). The van der Waals surface area contributed by atoms with Gasteiger partial charge in [0.25, 0.3) is 0 Å². The van der Waals surface area contributed by atoms with Crippen LogP contribution in [0.15, 0.2) is 48.5 Å². The fraction of sp³-hybridized carbons (Fsp3) is 0.381. The first-order chi connectivity index (χ1) is 13.0. The number of carbonyl (C=O) groups excluding carboxylic acids is 1. The van der Waals surface area contributed by atoms with Gasteiger partial charge in [0.2, 0.25) is 0 Å². The maximum atomic E-state index is 12.2. The Morgan fingerprint density at radius 2 is 1.93 bits per heavy atom. The van der Waals surface area contributed by atoms with Crippen LogP contribution in [-0.2, 0) is 10.3 Å². The average molecular weight is 391 g/mol. The molecule has 0 aliphatic heterocycles. The average Bonchev–Trinajstić information content (AvgIpc) is 2.68. The Morgan fingerprint density at radius 3 is 2.56 bits per heavy atom. The van der Waals surface area contributed by atoms with Crippen LogP contribution in [0.5, 0.6) is 5.75 Å². The molecular formula is C21H27ClN2O3. The molecule has 0 aliphatic carbocycles. The number of hydrogen-bond donors (Lipinski definition) is 2. The number of ether oxygens (including phenoxy) is 2. The van der Waals surface area contributed by atoms with Crippen LogP contribution < -0.4 is 15.4 Å². The largest absolute Gasteiger partial charge is 0.494 e. The van der Waals surface area contributed by atoms with E-state index in [4.69, 9.17) is 21.1 Å². The van der Waals surface area contributed by atoms with Gasteiger partial charge >= 0.3 is 6.03 Å². The third-order valence-electron chi connectivity index (χ3n) is 4.35. The van der Waals surface area contributed by atoms with Gasteiger partial charge in [0, 0.05) is 17.8 Å². The number of benzene rings is 2. The maximum absolute atomic E-state index is 12.2. The number of rotatable bonds is 9. The van der Waals surface area contributed by atoms with Crippen molar-refractivity contribution in [1.82, 2.24) is 5.32 Å². The fourth-order valence-electron chi connectivity index (χ4n) is 2.50. The summed E-state index contributed by atoms with van der Waals surface area (Å²) in [6.07, 6.45) is 2.11. The van der Waals surface area contributed by atoms with Crippen LogP contribution >= 0.6 is 11.6 Å². The minimum Gasteiger partial charge on any atom is -0.494 e. The van der Waals surface area contributed by atoms with E-state index in [0.29, 0.717) is 23.9 Å². The summed E-state index contributed by atoms with van der Waals surface area (Å²) in [5.74, 6) is 0.794. The molecule has 0 saturated heterocycles. The van der Waals surface area contributed by atoms with Crippen molar-refractivity contribution in [2.75, 3.05) is 25.6 Å². The zero-order valence-corrected chi connectivity index (χ0v) is 16.8. The van der Waals surface area contributed by atoms with Gasteiger partial charge in [-0.2, -0.15) is 0 Å². The molecule has 0 spiro atoms. The van der Waals surface area contributed by atoms with Gasteiger partial charge in [-0.3, -0.25) is 0 Å². The van der Waals surface area contributed by atoms with Gasteiger partial charge in [0.1, 0.15) is 11.4 Å². The molecule has 2 aromatic carbocycles. The van der Waals surface area contributed by atoms with Crippen molar-refractivity contribution in [3.63, 3.8) is 0 Å². The van der Waals surface area contributed by atoms with E-state index in [1.165, 1.54) is 0 Å². The first-order valence-corrected chi connectivity index (χ1v) is 9.43. The summed E-state index contributed by atoms with van der Waals surface area (Å²) in [5, 5.41) is 6.28. The highest BCUT2D eigenvalue weighted by Gasteiger charge is 2.27. The van der Waals surface area contributed by atoms with Crippen LogP contribution in [0.1, 0.15) is 32.3 Å². The number of urea groups is 1. The minimum absolute atomic E-state index is 0.299. The minimum atomic E-state index is -0.681. The fourth-order valence-corrected chi connectivity index (χ4v) is 2.69. The van der Waals surface area contributed by atoms with Crippen LogP contribution in [0.4, 0.5) is 10.5 Å². The van der Waals surface area contributed by atoms with Gasteiger partial charge in [-0.15, -0.1) is 0 Å². The molecule has 0 heterocycles. The Kier molecular flexibility index (Phi) is 7.95. The Bertz CT molecular complexity index is 736. The lowest BCUT2D eigenvalue weighted by atomic mass is 9.96. The molecule has 0 aromatic heterocycles. The molecular weight excluding hydrogens is 364 g/mol. The van der Waals surface area contributed by atoms with Gasteiger partial charge in [-0.1, -0.05) is 37.1 Å². The zero-order chi connectivity index (χ0) is 19.7. The molecule has 0 saturated carbocycles. The third-order valence-corrected chi connectivity index (χ3v) is 4.59. The van der Waals surface area contributed by atoms with E-state index in [2.05, 4.69) is 17.6 Å². The summed E-state index contributed by atoms with van der Waals surface area (Å²) in [4.78, 5) is 12.2. The summed E-state index contributed by atoms with van der Waals surface area (Å²) in [5.41, 5.74) is 0.905. The van der Waals surface area contributed by atoms with Crippen molar-refractivity contribution in [1.29, 1.82) is 0 Å². The SMILES string of the molecule is CCCCOc1ccc(NC(=O)NCC(C)(OC)c2cccc(Cl)c2)cc1. The molecule has 0 bridgehead atoms. The highest BCUT2D eigenvalue weighted by molar-refractivity contribution is 6.30. The van der Waals surface area contributed by atoms with E-state index in [1.807, 2.05) is 49.4 Å². The second kappa shape index (κ2) is 10.2. The van der Waals surface area contributed by atoms with Crippen molar-refractivity contribution in [3.05, 3.63) is 59.1 Å². The lowest BCUT2D eigenvalue weighted by Gasteiger charge is -2.29. The first-order valence-electron chi connectivity index (χ1n) is 9.06. The number of methoxy groups -OCH3 is 1. The highest BCUT2D eigenvalue weighted by Crippen LogP contribution is 2.26. The molecule has 146 valence electrons. The number of nitrogens with one attached hydrogen (secondary N) is 2. The van der Waals surface area contributed by atoms with E-state index < -0.39 is 5.60 Å². The molecule has 2 aromatic rings. The number of hydrogen-bond acceptors (Lipinski definition) is 3. The topological polar surface area (TPSA) is 59.6 Å². The number of halogens is 1. The van der Waals surface area contributed by atoms with Crippen molar-refractivity contribution >= 4 is 23.3 Å². The lowest BCUT2D eigenvalue weighted by Crippen LogP contribution is -2.41. The predicted molar refractivity (Wildman–Crippen MR) is 110 cm³/mol. The quantitative estimate of drug-likeness (QED) is 0.578. The monoisotopic (exact) mass is 390 g/mol. The predicted octanol–water partition coefficient (Wildman–Crippen LogP) is 5.20. The van der Waals surface area contributed by atoms with Crippen molar-refractivity contribution < 1.29 is 14.3 Å². The maximum Gasteiger partial charge on any atom is 0.319 e. The smallest absolute Gasteiger partial charge is 0.319 e. The molecule has 0 aliphatic rings. The number of carbonyl (C=O) groups is 1. The number of amides is 2. The van der Waals surface area contributed by atoms with Crippen LogP contribution in [0.3, 0.4) is 0 Å². The third kappa shape index (κ3) is 6.45. The van der Waals surface area contributed by atoms with Gasteiger partial charge in [0.05, 0.1) is 13.2 Å². The summed E-state index contributed by atoms with van der Waals surface area (Å²) in [6.45, 7) is 5.02. The molecule has 1 atom stereocenters. The molecule has 6 heteroatoms. The van der Waals surface area contributed by atoms with E-state index in [1.54, 1.807) is 13.2 Å².